The van der Waals surface area contributed by atoms with Crippen LogP contribution in [0.2, 0.25) is 0 Å². The molecule has 0 atom stereocenters. The molecule has 2 N–H and O–H groups in total. The van der Waals surface area contributed by atoms with Crippen molar-refractivity contribution in [3.8, 4) is 5.88 Å². The third kappa shape index (κ3) is 4.68. The lowest BCUT2D eigenvalue weighted by Crippen LogP contribution is -2.11. The maximum Gasteiger partial charge on any atom is 0.213 e. The fourth-order valence-corrected chi connectivity index (χ4v) is 2.55. The first-order valence-corrected chi connectivity index (χ1v) is 7.75. The van der Waals surface area contributed by atoms with E-state index in [1.54, 1.807) is 23.6 Å². The predicted molar refractivity (Wildman–Crippen MR) is 85.0 cm³/mol. The Morgan fingerprint density at radius 1 is 1.33 bits per heavy atom. The summed E-state index contributed by atoms with van der Waals surface area (Å²) in [4.78, 5) is 8.80. The van der Waals surface area contributed by atoms with Gasteiger partial charge in [0.25, 0.3) is 0 Å². The van der Waals surface area contributed by atoms with E-state index >= 15 is 0 Å². The first kappa shape index (κ1) is 15.7. The molecule has 0 amide bonds. The minimum absolute atomic E-state index is 0.0123. The molecular formula is C15H21N3O2S. The molecule has 0 aliphatic rings. The molecule has 21 heavy (non-hydrogen) atoms. The van der Waals surface area contributed by atoms with Crippen molar-refractivity contribution < 1.29 is 9.84 Å². The number of thiazole rings is 1. The Kier molecular flexibility index (Phi) is 5.14. The number of nitrogens with one attached hydrogen (secondary N) is 1. The van der Waals surface area contributed by atoms with E-state index in [9.17, 15) is 0 Å². The van der Waals surface area contributed by atoms with E-state index in [2.05, 4.69) is 41.4 Å². The van der Waals surface area contributed by atoms with Crippen molar-refractivity contribution in [2.24, 2.45) is 0 Å². The molecule has 0 saturated heterocycles. The Morgan fingerprint density at radius 3 is 2.71 bits per heavy atom. The second-order valence-corrected chi connectivity index (χ2v) is 6.56. The lowest BCUT2D eigenvalue weighted by Gasteiger charge is -2.13. The Hall–Kier alpha value is -1.66. The van der Waals surface area contributed by atoms with Gasteiger partial charge in [0, 0.05) is 16.9 Å². The maximum atomic E-state index is 8.68. The number of hydrogen-bond acceptors (Lipinski definition) is 6. The van der Waals surface area contributed by atoms with E-state index in [-0.39, 0.29) is 18.6 Å². The molecule has 0 unspecified atom stereocenters. The van der Waals surface area contributed by atoms with Crippen molar-refractivity contribution in [2.75, 3.05) is 18.5 Å². The lowest BCUT2D eigenvalue weighted by molar-refractivity contribution is 0.196. The Morgan fingerprint density at radius 2 is 2.14 bits per heavy atom. The zero-order chi connectivity index (χ0) is 15.3. The number of pyridine rings is 1. The Labute approximate surface area is 129 Å². The summed E-state index contributed by atoms with van der Waals surface area (Å²) in [6, 6.07) is 3.68. The lowest BCUT2D eigenvalue weighted by atomic mass is 9.98. The average Bonchev–Trinajstić information content (AvgIpc) is 2.93. The van der Waals surface area contributed by atoms with Crippen LogP contribution >= 0.6 is 11.3 Å². The molecule has 2 rings (SSSR count). The van der Waals surface area contributed by atoms with Crippen molar-refractivity contribution in [3.05, 3.63) is 34.4 Å². The van der Waals surface area contributed by atoms with Crippen molar-refractivity contribution in [1.82, 2.24) is 9.97 Å². The van der Waals surface area contributed by atoms with Gasteiger partial charge in [-0.15, -0.1) is 11.3 Å². The van der Waals surface area contributed by atoms with Crippen LogP contribution in [0.5, 0.6) is 5.88 Å². The van der Waals surface area contributed by atoms with E-state index < -0.39 is 0 Å². The van der Waals surface area contributed by atoms with Gasteiger partial charge < -0.3 is 15.2 Å². The van der Waals surface area contributed by atoms with Crippen LogP contribution in [0.4, 0.5) is 5.69 Å². The Bertz CT molecular complexity index is 561. The van der Waals surface area contributed by atoms with Crippen molar-refractivity contribution in [2.45, 2.75) is 32.7 Å². The minimum atomic E-state index is -0.0123. The number of rotatable bonds is 6. The maximum absolute atomic E-state index is 8.68. The largest absolute Gasteiger partial charge is 0.475 e. The summed E-state index contributed by atoms with van der Waals surface area (Å²) in [5.74, 6) is 0.512. The fourth-order valence-electron chi connectivity index (χ4n) is 1.65. The number of ether oxygens (including phenoxy) is 1. The summed E-state index contributed by atoms with van der Waals surface area (Å²) < 4.78 is 5.21. The third-order valence-corrected chi connectivity index (χ3v) is 4.06. The summed E-state index contributed by atoms with van der Waals surface area (Å²) in [6.45, 7) is 7.41. The number of nitrogens with zero attached hydrogens (tertiary/aromatic N) is 2. The molecule has 0 radical (unpaired) electrons. The van der Waals surface area contributed by atoms with E-state index in [1.165, 1.54) is 0 Å². The van der Waals surface area contributed by atoms with E-state index in [0.29, 0.717) is 12.4 Å². The summed E-state index contributed by atoms with van der Waals surface area (Å²) in [6.07, 6.45) is 1.71. The van der Waals surface area contributed by atoms with Crippen LogP contribution in [0.25, 0.3) is 0 Å². The zero-order valence-electron chi connectivity index (χ0n) is 12.6. The van der Waals surface area contributed by atoms with Gasteiger partial charge in [0.2, 0.25) is 5.88 Å². The summed E-state index contributed by atoms with van der Waals surface area (Å²) in [5, 5.41) is 15.2. The van der Waals surface area contributed by atoms with E-state index in [0.717, 1.165) is 16.4 Å². The molecule has 2 aromatic rings. The smallest absolute Gasteiger partial charge is 0.213 e. The first-order chi connectivity index (χ1) is 9.99. The molecular weight excluding hydrogens is 286 g/mol. The highest BCUT2D eigenvalue weighted by Crippen LogP contribution is 2.25. The van der Waals surface area contributed by atoms with Gasteiger partial charge in [0.05, 0.1) is 35.7 Å². The van der Waals surface area contributed by atoms with Crippen LogP contribution < -0.4 is 10.1 Å². The number of aliphatic hydroxyl groups excluding tert-OH is 1. The highest BCUT2D eigenvalue weighted by molar-refractivity contribution is 7.09. The zero-order valence-corrected chi connectivity index (χ0v) is 13.4. The van der Waals surface area contributed by atoms with Crippen molar-refractivity contribution in [3.63, 3.8) is 0 Å². The van der Waals surface area contributed by atoms with Crippen LogP contribution in [0.3, 0.4) is 0 Å². The molecule has 0 aliphatic heterocycles. The quantitative estimate of drug-likeness (QED) is 0.859. The average molecular weight is 307 g/mol. The van der Waals surface area contributed by atoms with Crippen LogP contribution in [-0.4, -0.2) is 28.3 Å². The molecule has 0 spiro atoms. The van der Waals surface area contributed by atoms with Gasteiger partial charge in [-0.2, -0.15) is 0 Å². The Balaban J connectivity index is 1.89. The predicted octanol–water partition coefficient (Wildman–Crippen LogP) is 2.82. The molecule has 0 saturated carbocycles. The van der Waals surface area contributed by atoms with E-state index in [4.69, 9.17) is 9.84 Å². The van der Waals surface area contributed by atoms with Gasteiger partial charge in [0.1, 0.15) is 6.61 Å². The summed E-state index contributed by atoms with van der Waals surface area (Å²) in [7, 11) is 0. The normalized spacial score (nSPS) is 11.4. The van der Waals surface area contributed by atoms with Gasteiger partial charge in [-0.3, -0.25) is 0 Å². The topological polar surface area (TPSA) is 67.3 Å². The SMILES string of the molecule is CC(C)(C)c1nc(CNc2ccc(OCCO)nc2)cs1. The van der Waals surface area contributed by atoms with Gasteiger partial charge >= 0.3 is 0 Å². The molecule has 0 aromatic carbocycles. The van der Waals surface area contributed by atoms with Crippen LogP contribution in [0, 0.1) is 0 Å². The van der Waals surface area contributed by atoms with Gasteiger partial charge in [-0.1, -0.05) is 20.8 Å². The molecule has 0 bridgehead atoms. The number of aromatic nitrogens is 2. The number of anilines is 1. The minimum Gasteiger partial charge on any atom is -0.475 e. The van der Waals surface area contributed by atoms with Gasteiger partial charge in [-0.25, -0.2) is 9.97 Å². The third-order valence-electron chi connectivity index (χ3n) is 2.74. The summed E-state index contributed by atoms with van der Waals surface area (Å²) in [5.41, 5.74) is 2.04. The molecule has 2 heterocycles. The monoisotopic (exact) mass is 307 g/mol. The molecule has 2 aromatic heterocycles. The standard InChI is InChI=1S/C15H21N3O2S/c1-15(2,3)14-18-12(10-21-14)9-16-11-4-5-13(17-8-11)20-7-6-19/h4-5,8,10,16,19H,6-7,9H2,1-3H3. The fraction of sp³-hybridized carbons (Fsp3) is 0.467. The molecule has 5 nitrogen and oxygen atoms in total. The highest BCUT2D eigenvalue weighted by atomic mass is 32.1. The second-order valence-electron chi connectivity index (χ2n) is 5.70. The summed E-state index contributed by atoms with van der Waals surface area (Å²) >= 11 is 1.69. The van der Waals surface area contributed by atoms with Crippen LogP contribution in [0.1, 0.15) is 31.5 Å². The van der Waals surface area contributed by atoms with Crippen LogP contribution in [-0.2, 0) is 12.0 Å². The molecule has 6 heteroatoms. The molecule has 0 fully saturated rings. The second kappa shape index (κ2) is 6.87. The highest BCUT2D eigenvalue weighted by Gasteiger charge is 2.17. The molecule has 0 aliphatic carbocycles. The number of hydrogen-bond donors (Lipinski definition) is 2. The molecule has 114 valence electrons. The van der Waals surface area contributed by atoms with E-state index in [1.807, 2.05) is 6.07 Å². The van der Waals surface area contributed by atoms with Crippen molar-refractivity contribution in [1.29, 1.82) is 0 Å². The van der Waals surface area contributed by atoms with Gasteiger partial charge in [0.15, 0.2) is 0 Å². The van der Waals surface area contributed by atoms with Gasteiger partial charge in [-0.05, 0) is 6.07 Å². The van der Waals surface area contributed by atoms with Crippen molar-refractivity contribution >= 4 is 17.0 Å². The number of aliphatic hydroxyl groups is 1. The van der Waals surface area contributed by atoms with Crippen LogP contribution in [0.15, 0.2) is 23.7 Å². The first-order valence-electron chi connectivity index (χ1n) is 6.87.